The van der Waals surface area contributed by atoms with E-state index < -0.39 is 5.91 Å². The lowest BCUT2D eigenvalue weighted by molar-refractivity contribution is -0.613. The first kappa shape index (κ1) is 33.0. The Morgan fingerprint density at radius 1 is 0.795 bits per heavy atom. The number of Topliss-reactive ketones (excluding diaryl/α,β-unsaturated/α-hetero) is 1. The van der Waals surface area contributed by atoms with Gasteiger partial charge in [0.1, 0.15) is 0 Å². The van der Waals surface area contributed by atoms with Crippen molar-refractivity contribution in [1.29, 1.82) is 0 Å². The van der Waals surface area contributed by atoms with Gasteiger partial charge in [-0.3, -0.25) is 14.4 Å². The van der Waals surface area contributed by atoms with Crippen molar-refractivity contribution < 1.29 is 19.1 Å². The lowest BCUT2D eigenvalue weighted by Gasteiger charge is -2.06. The zero-order valence-corrected chi connectivity index (χ0v) is 23.2. The minimum Gasteiger partial charge on any atom is -0.618 e. The Morgan fingerprint density at radius 3 is 1.79 bits per heavy atom. The summed E-state index contributed by atoms with van der Waals surface area (Å²) in [4.78, 5) is 39.6. The van der Waals surface area contributed by atoms with Crippen LogP contribution in [0.15, 0.2) is 85.3 Å². The summed E-state index contributed by atoms with van der Waals surface area (Å²) >= 11 is 0. The van der Waals surface area contributed by atoms with Gasteiger partial charge >= 0.3 is 0 Å². The van der Waals surface area contributed by atoms with Crippen LogP contribution in [-0.4, -0.2) is 35.7 Å². The van der Waals surface area contributed by atoms with E-state index in [0.29, 0.717) is 16.8 Å². The van der Waals surface area contributed by atoms with Crippen molar-refractivity contribution in [1.82, 2.24) is 15.6 Å². The fraction of sp³-hybridized carbons (Fsp3) is 0.387. The highest BCUT2D eigenvalue weighted by Gasteiger charge is 2.14. The largest absolute Gasteiger partial charge is 0.618 e. The maximum absolute atomic E-state index is 12.0. The van der Waals surface area contributed by atoms with Crippen LogP contribution in [0.5, 0.6) is 0 Å². The first-order valence-corrected chi connectivity index (χ1v) is 13.5. The minimum atomic E-state index is -0.628. The van der Waals surface area contributed by atoms with Crippen LogP contribution >= 0.6 is 0 Å². The summed E-state index contributed by atoms with van der Waals surface area (Å²) in [6.45, 7) is 3.26. The first-order valence-electron chi connectivity index (χ1n) is 13.5. The van der Waals surface area contributed by atoms with Crippen molar-refractivity contribution in [3.63, 3.8) is 0 Å². The lowest BCUT2D eigenvalue weighted by Crippen LogP contribution is -2.38. The molecule has 1 rings (SSSR count). The van der Waals surface area contributed by atoms with Gasteiger partial charge in [-0.05, 0) is 44.9 Å². The molecule has 0 aliphatic carbocycles. The Balaban J connectivity index is 2.05. The normalized spacial score (nSPS) is 12.2. The van der Waals surface area contributed by atoms with Crippen molar-refractivity contribution in [2.24, 2.45) is 0 Å². The molecule has 0 saturated heterocycles. The number of nitrogens with zero attached hydrogens (tertiary/aromatic N) is 2. The summed E-state index contributed by atoms with van der Waals surface area (Å²) in [5, 5.41) is 16.4. The van der Waals surface area contributed by atoms with E-state index in [9.17, 15) is 19.6 Å². The van der Waals surface area contributed by atoms with Gasteiger partial charge in [0, 0.05) is 13.3 Å². The van der Waals surface area contributed by atoms with E-state index in [4.69, 9.17) is 0 Å². The number of aromatic nitrogens is 2. The van der Waals surface area contributed by atoms with Gasteiger partial charge in [-0.25, -0.2) is 4.98 Å². The molecule has 0 aliphatic rings. The number of nitrogens with one attached hydrogen (secondary N) is 2. The third-order valence-corrected chi connectivity index (χ3v) is 5.27. The van der Waals surface area contributed by atoms with Gasteiger partial charge in [-0.15, -0.1) is 0 Å². The molecule has 0 bridgehead atoms. The van der Waals surface area contributed by atoms with E-state index in [1.165, 1.54) is 6.20 Å². The summed E-state index contributed by atoms with van der Waals surface area (Å²) in [5.41, 5.74) is 0.276. The van der Waals surface area contributed by atoms with Crippen molar-refractivity contribution in [2.45, 2.75) is 65.2 Å². The predicted molar refractivity (Wildman–Crippen MR) is 156 cm³/mol. The van der Waals surface area contributed by atoms with E-state index in [2.05, 4.69) is 83.3 Å². The molecule has 1 aromatic heterocycles. The molecule has 2 N–H and O–H groups in total. The molecule has 0 aliphatic heterocycles. The van der Waals surface area contributed by atoms with Crippen LogP contribution in [0.4, 0.5) is 0 Å². The number of carbonyl (C=O) groups excluding carboxylic acids is 3. The highest BCUT2D eigenvalue weighted by atomic mass is 16.5. The molecule has 0 radical (unpaired) electrons. The molecule has 210 valence electrons. The zero-order chi connectivity index (χ0) is 28.6. The Bertz CT molecular complexity index is 1070. The summed E-state index contributed by atoms with van der Waals surface area (Å²) in [5.74, 6) is -1.22. The van der Waals surface area contributed by atoms with Crippen LogP contribution in [0.2, 0.25) is 0 Å². The summed E-state index contributed by atoms with van der Waals surface area (Å²) < 4.78 is 0.530. The smallest absolute Gasteiger partial charge is 0.276 e. The third-order valence-electron chi connectivity index (χ3n) is 5.27. The van der Waals surface area contributed by atoms with Gasteiger partial charge in [0.25, 0.3) is 5.91 Å². The van der Waals surface area contributed by atoms with Crippen molar-refractivity contribution in [3.8, 4) is 0 Å². The van der Waals surface area contributed by atoms with Crippen molar-refractivity contribution >= 4 is 17.6 Å². The predicted octanol–water partition coefficient (Wildman–Crippen LogP) is 4.92. The molecule has 0 spiro atoms. The molecule has 0 aromatic carbocycles. The SMILES string of the molecule is CC/C=C\C/C=C\C/C=C\C/C=C\C/C=C\C/C=C\CCC(=O)NCC(=O)CNC(=O)c1c[n+]([O-])c(C)cn1. The van der Waals surface area contributed by atoms with Crippen LogP contribution < -0.4 is 15.4 Å². The minimum absolute atomic E-state index is 0.0798. The molecule has 1 aromatic rings. The molecule has 39 heavy (non-hydrogen) atoms. The van der Waals surface area contributed by atoms with Gasteiger partial charge in [0.2, 0.25) is 17.8 Å². The van der Waals surface area contributed by atoms with Crippen molar-refractivity contribution in [3.05, 3.63) is 102 Å². The molecule has 8 nitrogen and oxygen atoms in total. The zero-order valence-electron chi connectivity index (χ0n) is 23.2. The summed E-state index contributed by atoms with van der Waals surface area (Å²) in [6.07, 6.45) is 34.4. The van der Waals surface area contributed by atoms with E-state index in [-0.39, 0.29) is 36.9 Å². The molecule has 8 heteroatoms. The topological polar surface area (TPSA) is 115 Å². The fourth-order valence-electron chi connectivity index (χ4n) is 3.05. The van der Waals surface area contributed by atoms with Crippen LogP contribution in [0.25, 0.3) is 0 Å². The molecule has 0 atom stereocenters. The average Bonchev–Trinajstić information content (AvgIpc) is 2.93. The van der Waals surface area contributed by atoms with E-state index >= 15 is 0 Å². The number of allylic oxidation sites excluding steroid dienone is 12. The molecular weight excluding hydrogens is 492 g/mol. The van der Waals surface area contributed by atoms with Gasteiger partial charge < -0.3 is 15.8 Å². The lowest BCUT2D eigenvalue weighted by atomic mass is 10.2. The van der Waals surface area contributed by atoms with Crippen molar-refractivity contribution in [2.75, 3.05) is 13.1 Å². The van der Waals surface area contributed by atoms with E-state index in [1.807, 2.05) is 12.2 Å². The number of ketones is 1. The van der Waals surface area contributed by atoms with Gasteiger partial charge in [0.15, 0.2) is 11.5 Å². The number of hydrogen-bond acceptors (Lipinski definition) is 5. The highest BCUT2D eigenvalue weighted by Crippen LogP contribution is 1.98. The Labute approximate surface area is 232 Å². The Hall–Kier alpha value is -4.07. The van der Waals surface area contributed by atoms with E-state index in [0.717, 1.165) is 44.7 Å². The standard InChI is InChI=1S/C31H42N4O4/c1-3-4-5-6-7-8-9-10-11-12-13-14-15-16-17-18-19-20-21-22-30(37)33-24-28(36)25-34-31(38)29-26-35(39)27(2)23-32-29/h4-5,7-8,10-11,13-14,16-17,19-20,23,26H,3,6,9,12,15,18,21-22,24-25H2,1-2H3,(H,33,37)(H,34,38)/b5-4-,8-7-,11-10-,14-13-,17-16-,20-19-. The maximum atomic E-state index is 12.0. The third kappa shape index (κ3) is 17.9. The van der Waals surface area contributed by atoms with Crippen LogP contribution in [0, 0.1) is 12.1 Å². The molecule has 1 heterocycles. The van der Waals surface area contributed by atoms with Crippen LogP contribution in [-0.2, 0) is 9.59 Å². The Kier molecular flexibility index (Phi) is 18.6. The number of amides is 2. The molecule has 0 unspecified atom stereocenters. The first-order chi connectivity index (χ1) is 18.9. The molecule has 0 fully saturated rings. The number of carbonyl (C=O) groups is 3. The monoisotopic (exact) mass is 534 g/mol. The summed E-state index contributed by atoms with van der Waals surface area (Å²) in [7, 11) is 0. The highest BCUT2D eigenvalue weighted by molar-refractivity contribution is 5.95. The van der Waals surface area contributed by atoms with Gasteiger partial charge in [-0.1, -0.05) is 79.8 Å². The fourth-order valence-corrected chi connectivity index (χ4v) is 3.05. The second-order valence-corrected chi connectivity index (χ2v) is 8.69. The van der Waals surface area contributed by atoms with Crippen LogP contribution in [0.1, 0.15) is 74.5 Å². The van der Waals surface area contributed by atoms with E-state index in [1.54, 1.807) is 6.92 Å². The number of hydrogen-bond donors (Lipinski definition) is 2. The quantitative estimate of drug-likeness (QED) is 0.149. The number of rotatable bonds is 19. The molecule has 2 amide bonds. The maximum Gasteiger partial charge on any atom is 0.276 e. The summed E-state index contributed by atoms with van der Waals surface area (Å²) in [6, 6.07) is 0. The molecular formula is C31H42N4O4. The van der Waals surface area contributed by atoms with Crippen LogP contribution in [0.3, 0.4) is 0 Å². The average molecular weight is 535 g/mol. The second kappa shape index (κ2) is 22.0. The van der Waals surface area contributed by atoms with Gasteiger partial charge in [0.05, 0.1) is 19.3 Å². The Morgan fingerprint density at radius 2 is 1.28 bits per heavy atom. The number of aryl methyl sites for hydroxylation is 1. The van der Waals surface area contributed by atoms with Gasteiger partial charge in [-0.2, -0.15) is 4.73 Å². The second-order valence-electron chi connectivity index (χ2n) is 8.69. The molecule has 0 saturated carbocycles.